The highest BCUT2D eigenvalue weighted by Gasteiger charge is 2.27. The van der Waals surface area contributed by atoms with E-state index >= 15 is 0 Å². The molecule has 19 heavy (non-hydrogen) atoms. The van der Waals surface area contributed by atoms with Crippen LogP contribution in [0, 0.1) is 11.8 Å². The Morgan fingerprint density at radius 2 is 2.11 bits per heavy atom. The van der Waals surface area contributed by atoms with Crippen LogP contribution in [0.2, 0.25) is 0 Å². The smallest absolute Gasteiger partial charge is 0.239 e. The summed E-state index contributed by atoms with van der Waals surface area (Å²) in [5, 5.41) is 4.23. The molecular formula is C14H24N4O. The molecule has 0 radical (unpaired) electrons. The zero-order valence-corrected chi connectivity index (χ0v) is 11.8. The van der Waals surface area contributed by atoms with E-state index in [0.717, 1.165) is 32.5 Å². The van der Waals surface area contributed by atoms with E-state index in [1.165, 1.54) is 0 Å². The number of carbonyl (C=O) groups excluding carboxylic acids is 1. The Labute approximate surface area is 114 Å². The largest absolute Gasteiger partial charge is 0.341 e. The Morgan fingerprint density at radius 3 is 2.63 bits per heavy atom. The molecule has 5 heteroatoms. The van der Waals surface area contributed by atoms with E-state index in [2.05, 4.69) is 5.10 Å². The minimum Gasteiger partial charge on any atom is -0.341 e. The summed E-state index contributed by atoms with van der Waals surface area (Å²) in [5.74, 6) is 0.918. The number of carbonyl (C=O) groups is 1. The predicted molar refractivity (Wildman–Crippen MR) is 74.3 cm³/mol. The second-order valence-electron chi connectivity index (χ2n) is 5.77. The van der Waals surface area contributed by atoms with Gasteiger partial charge >= 0.3 is 0 Å². The average molecular weight is 264 g/mol. The highest BCUT2D eigenvalue weighted by Crippen LogP contribution is 2.20. The van der Waals surface area contributed by atoms with Crippen LogP contribution >= 0.6 is 0 Å². The standard InChI is InChI=1S/C14H24N4O/c1-11(2)13(15)14(19)17-8-4-12(5-9-17)10-18-7-3-6-16-18/h3,6-7,11-13H,4-5,8-10,15H2,1-2H3/t13-/m0/s1. The Morgan fingerprint density at radius 1 is 1.42 bits per heavy atom. The van der Waals surface area contributed by atoms with E-state index < -0.39 is 0 Å². The second kappa shape index (κ2) is 6.19. The highest BCUT2D eigenvalue weighted by atomic mass is 16.2. The number of piperidine rings is 1. The lowest BCUT2D eigenvalue weighted by atomic mass is 9.95. The summed E-state index contributed by atoms with van der Waals surface area (Å²) in [4.78, 5) is 14.1. The molecule has 1 aliphatic heterocycles. The third-order valence-electron chi connectivity index (χ3n) is 3.93. The van der Waals surface area contributed by atoms with Crippen molar-refractivity contribution in [2.45, 2.75) is 39.3 Å². The molecular weight excluding hydrogens is 240 g/mol. The number of nitrogens with two attached hydrogens (primary N) is 1. The lowest BCUT2D eigenvalue weighted by Gasteiger charge is -2.34. The molecule has 1 saturated heterocycles. The topological polar surface area (TPSA) is 64.2 Å². The number of aromatic nitrogens is 2. The zero-order valence-electron chi connectivity index (χ0n) is 11.8. The molecule has 1 aliphatic rings. The van der Waals surface area contributed by atoms with Crippen LogP contribution in [0.25, 0.3) is 0 Å². The van der Waals surface area contributed by atoms with Crippen molar-refractivity contribution in [3.8, 4) is 0 Å². The third-order valence-corrected chi connectivity index (χ3v) is 3.93. The first-order chi connectivity index (χ1) is 9.08. The molecule has 0 aromatic carbocycles. The van der Waals surface area contributed by atoms with Crippen molar-refractivity contribution < 1.29 is 4.79 Å². The fraction of sp³-hybridized carbons (Fsp3) is 0.714. The quantitative estimate of drug-likeness (QED) is 0.886. The predicted octanol–water partition coefficient (Wildman–Crippen LogP) is 1.10. The second-order valence-corrected chi connectivity index (χ2v) is 5.77. The number of rotatable bonds is 4. The van der Waals surface area contributed by atoms with Crippen LogP contribution in [-0.4, -0.2) is 39.7 Å². The molecule has 0 aliphatic carbocycles. The molecule has 1 fully saturated rings. The van der Waals surface area contributed by atoms with Crippen LogP contribution in [0.4, 0.5) is 0 Å². The molecule has 1 atom stereocenters. The monoisotopic (exact) mass is 264 g/mol. The van der Waals surface area contributed by atoms with Gasteiger partial charge in [-0.25, -0.2) is 0 Å². The SMILES string of the molecule is CC(C)[C@H](N)C(=O)N1CCC(Cn2cccn2)CC1. The summed E-state index contributed by atoms with van der Waals surface area (Å²) >= 11 is 0. The lowest BCUT2D eigenvalue weighted by molar-refractivity contribution is -0.135. The Hall–Kier alpha value is -1.36. The zero-order chi connectivity index (χ0) is 13.8. The maximum absolute atomic E-state index is 12.1. The van der Waals surface area contributed by atoms with E-state index in [4.69, 9.17) is 5.73 Å². The van der Waals surface area contributed by atoms with E-state index in [1.54, 1.807) is 6.20 Å². The summed E-state index contributed by atoms with van der Waals surface area (Å²) in [6, 6.07) is 1.59. The summed E-state index contributed by atoms with van der Waals surface area (Å²) in [7, 11) is 0. The van der Waals surface area contributed by atoms with Crippen LogP contribution in [-0.2, 0) is 11.3 Å². The van der Waals surface area contributed by atoms with Gasteiger partial charge in [0, 0.05) is 32.0 Å². The van der Waals surface area contributed by atoms with Crippen molar-refractivity contribution in [1.82, 2.24) is 14.7 Å². The maximum atomic E-state index is 12.1. The average Bonchev–Trinajstić information content (AvgIpc) is 2.90. The van der Waals surface area contributed by atoms with Crippen molar-refractivity contribution in [3.63, 3.8) is 0 Å². The van der Waals surface area contributed by atoms with Crippen LogP contribution in [0.5, 0.6) is 0 Å². The molecule has 0 unspecified atom stereocenters. The van der Waals surface area contributed by atoms with Crippen molar-refractivity contribution in [2.75, 3.05) is 13.1 Å². The van der Waals surface area contributed by atoms with Gasteiger partial charge in [-0.2, -0.15) is 5.10 Å². The van der Waals surface area contributed by atoms with Crippen LogP contribution in [0.15, 0.2) is 18.5 Å². The third kappa shape index (κ3) is 3.56. The van der Waals surface area contributed by atoms with Crippen molar-refractivity contribution in [3.05, 3.63) is 18.5 Å². The number of nitrogens with zero attached hydrogens (tertiary/aromatic N) is 3. The fourth-order valence-electron chi connectivity index (χ4n) is 2.50. The van der Waals surface area contributed by atoms with E-state index in [0.29, 0.717) is 5.92 Å². The van der Waals surface area contributed by atoms with E-state index in [1.807, 2.05) is 35.7 Å². The molecule has 0 spiro atoms. The van der Waals surface area contributed by atoms with Gasteiger partial charge in [0.05, 0.1) is 6.04 Å². The van der Waals surface area contributed by atoms with Gasteiger partial charge in [-0.05, 0) is 30.7 Å². The minimum atomic E-state index is -0.359. The van der Waals surface area contributed by atoms with Crippen molar-refractivity contribution in [1.29, 1.82) is 0 Å². The number of hydrogen-bond acceptors (Lipinski definition) is 3. The number of amides is 1. The Kier molecular flexibility index (Phi) is 4.58. The highest BCUT2D eigenvalue weighted by molar-refractivity contribution is 5.82. The molecule has 1 aromatic heterocycles. The fourth-order valence-corrected chi connectivity index (χ4v) is 2.50. The van der Waals surface area contributed by atoms with Crippen molar-refractivity contribution >= 4 is 5.91 Å². The summed E-state index contributed by atoms with van der Waals surface area (Å²) in [5.41, 5.74) is 5.93. The van der Waals surface area contributed by atoms with Gasteiger partial charge in [-0.1, -0.05) is 13.8 Å². The first-order valence-electron chi connectivity index (χ1n) is 7.09. The molecule has 0 bridgehead atoms. The summed E-state index contributed by atoms with van der Waals surface area (Å²) < 4.78 is 1.97. The number of hydrogen-bond donors (Lipinski definition) is 1. The molecule has 0 saturated carbocycles. The van der Waals surface area contributed by atoms with Gasteiger partial charge in [0.2, 0.25) is 5.91 Å². The molecule has 1 amide bonds. The summed E-state index contributed by atoms with van der Waals surface area (Å²) in [6.45, 7) is 6.59. The molecule has 5 nitrogen and oxygen atoms in total. The van der Waals surface area contributed by atoms with Gasteiger partial charge in [-0.3, -0.25) is 9.48 Å². The maximum Gasteiger partial charge on any atom is 0.239 e. The van der Waals surface area contributed by atoms with Crippen LogP contribution in [0.3, 0.4) is 0 Å². The van der Waals surface area contributed by atoms with Crippen molar-refractivity contribution in [2.24, 2.45) is 17.6 Å². The lowest BCUT2D eigenvalue weighted by Crippen LogP contribution is -2.49. The Bertz CT molecular complexity index is 394. The molecule has 1 aromatic rings. The van der Waals surface area contributed by atoms with Crippen LogP contribution < -0.4 is 5.73 Å². The van der Waals surface area contributed by atoms with Crippen LogP contribution in [0.1, 0.15) is 26.7 Å². The van der Waals surface area contributed by atoms with Gasteiger partial charge in [0.1, 0.15) is 0 Å². The first-order valence-corrected chi connectivity index (χ1v) is 7.09. The van der Waals surface area contributed by atoms with Gasteiger partial charge in [0.25, 0.3) is 0 Å². The molecule has 2 rings (SSSR count). The van der Waals surface area contributed by atoms with Gasteiger partial charge < -0.3 is 10.6 Å². The van der Waals surface area contributed by atoms with Gasteiger partial charge in [-0.15, -0.1) is 0 Å². The first kappa shape index (κ1) is 14.1. The molecule has 2 heterocycles. The minimum absolute atomic E-state index is 0.104. The van der Waals surface area contributed by atoms with Gasteiger partial charge in [0.15, 0.2) is 0 Å². The number of likely N-dealkylation sites (tertiary alicyclic amines) is 1. The normalized spacial score (nSPS) is 18.8. The van der Waals surface area contributed by atoms with E-state index in [9.17, 15) is 4.79 Å². The summed E-state index contributed by atoms with van der Waals surface area (Å²) in [6.07, 6.45) is 5.87. The Balaban J connectivity index is 1.80. The molecule has 2 N–H and O–H groups in total. The van der Waals surface area contributed by atoms with E-state index in [-0.39, 0.29) is 17.9 Å². The molecule has 106 valence electrons.